The van der Waals surface area contributed by atoms with E-state index in [-0.39, 0.29) is 18.9 Å². The first-order valence-corrected chi connectivity index (χ1v) is 12.7. The first-order valence-electron chi connectivity index (χ1n) is 12.7. The lowest BCUT2D eigenvalue weighted by Gasteiger charge is -2.29. The highest BCUT2D eigenvalue weighted by atomic mass is 16.4. The minimum absolute atomic E-state index is 0.0415. The van der Waals surface area contributed by atoms with E-state index in [0.717, 1.165) is 16.5 Å². The number of carbonyl (C=O) groups is 5. The van der Waals surface area contributed by atoms with Gasteiger partial charge in [0.15, 0.2) is 0 Å². The number of likely N-dealkylation sites (tertiary alicyclic amines) is 1. The van der Waals surface area contributed by atoms with E-state index in [1.165, 1.54) is 4.90 Å². The SMILES string of the molecule is CC(C)CC(N)C(=O)NC(CC(N)=O)C(=O)N1CCCC1C(=O)NC(Cc1c[nH]c2ccccc12)C(=O)O. The van der Waals surface area contributed by atoms with Crippen LogP contribution in [0.3, 0.4) is 0 Å². The summed E-state index contributed by atoms with van der Waals surface area (Å²) < 4.78 is 0. The number of carbonyl (C=O) groups excluding carboxylic acids is 4. The number of hydrogen-bond donors (Lipinski definition) is 6. The van der Waals surface area contributed by atoms with Crippen LogP contribution in [0.2, 0.25) is 0 Å². The van der Waals surface area contributed by atoms with Gasteiger partial charge in [-0.15, -0.1) is 0 Å². The van der Waals surface area contributed by atoms with Crippen molar-refractivity contribution in [3.8, 4) is 0 Å². The molecule has 0 saturated carbocycles. The number of amides is 4. The standard InChI is InChI=1S/C26H36N6O6/c1-14(2)10-17(27)23(34)30-19(12-22(28)33)25(36)32-9-5-8-21(32)24(35)31-20(26(37)38)11-15-13-29-18-7-4-3-6-16(15)18/h3-4,6-7,13-14,17,19-21,29H,5,8-12,27H2,1-2H3,(H2,28,33)(H,30,34)(H,31,35)(H,37,38). The number of carboxylic acid groups (broad SMARTS) is 1. The molecule has 12 heteroatoms. The molecule has 1 aromatic carbocycles. The molecule has 12 nitrogen and oxygen atoms in total. The van der Waals surface area contributed by atoms with E-state index >= 15 is 0 Å². The molecular formula is C26H36N6O6. The van der Waals surface area contributed by atoms with Crippen molar-refractivity contribution in [1.29, 1.82) is 0 Å². The molecule has 1 aliphatic rings. The molecular weight excluding hydrogens is 492 g/mol. The molecule has 1 fully saturated rings. The van der Waals surface area contributed by atoms with E-state index in [2.05, 4.69) is 15.6 Å². The van der Waals surface area contributed by atoms with Crippen molar-refractivity contribution in [3.05, 3.63) is 36.0 Å². The number of nitrogens with zero attached hydrogens (tertiary/aromatic N) is 1. The molecule has 4 unspecified atom stereocenters. The Balaban J connectivity index is 1.72. The molecule has 8 N–H and O–H groups in total. The zero-order valence-electron chi connectivity index (χ0n) is 21.6. The summed E-state index contributed by atoms with van der Waals surface area (Å²) in [7, 11) is 0. The van der Waals surface area contributed by atoms with Crippen LogP contribution in [0.1, 0.15) is 45.1 Å². The predicted molar refractivity (Wildman–Crippen MR) is 139 cm³/mol. The molecule has 3 rings (SSSR count). The van der Waals surface area contributed by atoms with Gasteiger partial charge in [-0.1, -0.05) is 32.0 Å². The normalized spacial score (nSPS) is 17.7. The number of aliphatic carboxylic acids is 1. The third kappa shape index (κ3) is 7.09. The maximum atomic E-state index is 13.4. The number of H-pyrrole nitrogens is 1. The van der Waals surface area contributed by atoms with E-state index in [1.807, 2.05) is 38.1 Å². The van der Waals surface area contributed by atoms with Gasteiger partial charge in [-0.3, -0.25) is 19.2 Å². The van der Waals surface area contributed by atoms with Crippen LogP contribution < -0.4 is 22.1 Å². The highest BCUT2D eigenvalue weighted by Crippen LogP contribution is 2.22. The number of para-hydroxylation sites is 1. The van der Waals surface area contributed by atoms with Gasteiger partial charge in [0.05, 0.1) is 12.5 Å². The summed E-state index contributed by atoms with van der Waals surface area (Å²) in [4.78, 5) is 67.1. The van der Waals surface area contributed by atoms with Gasteiger partial charge in [-0.2, -0.15) is 0 Å². The lowest BCUT2D eigenvalue weighted by molar-refractivity contribution is -0.145. The Morgan fingerprint density at radius 2 is 1.84 bits per heavy atom. The number of carboxylic acids is 1. The second-order valence-corrected chi connectivity index (χ2v) is 10.1. The summed E-state index contributed by atoms with van der Waals surface area (Å²) in [6.45, 7) is 4.01. The molecule has 2 heterocycles. The summed E-state index contributed by atoms with van der Waals surface area (Å²) in [5, 5.41) is 15.7. The summed E-state index contributed by atoms with van der Waals surface area (Å²) in [6, 6.07) is 3.08. The smallest absolute Gasteiger partial charge is 0.326 e. The molecule has 4 atom stereocenters. The van der Waals surface area contributed by atoms with Gasteiger partial charge < -0.3 is 37.1 Å². The van der Waals surface area contributed by atoms with Crippen LogP contribution in [0.4, 0.5) is 0 Å². The molecule has 0 spiro atoms. The van der Waals surface area contributed by atoms with Crippen LogP contribution in [0.25, 0.3) is 10.9 Å². The molecule has 2 aromatic rings. The van der Waals surface area contributed by atoms with Gasteiger partial charge in [0.25, 0.3) is 0 Å². The fraction of sp³-hybridized carbons (Fsp3) is 0.500. The van der Waals surface area contributed by atoms with E-state index in [0.29, 0.717) is 19.3 Å². The highest BCUT2D eigenvalue weighted by Gasteiger charge is 2.39. The van der Waals surface area contributed by atoms with Crippen molar-refractivity contribution in [2.75, 3.05) is 6.54 Å². The first-order chi connectivity index (χ1) is 18.0. The van der Waals surface area contributed by atoms with Crippen molar-refractivity contribution in [2.45, 2.75) is 70.1 Å². The van der Waals surface area contributed by atoms with Crippen molar-refractivity contribution in [2.24, 2.45) is 17.4 Å². The van der Waals surface area contributed by atoms with Gasteiger partial charge in [0.1, 0.15) is 18.1 Å². The quantitative estimate of drug-likeness (QED) is 0.222. The Kier molecular flexibility index (Phi) is 9.45. The minimum atomic E-state index is -1.28. The van der Waals surface area contributed by atoms with Crippen molar-refractivity contribution in [1.82, 2.24) is 20.5 Å². The van der Waals surface area contributed by atoms with Crippen LogP contribution in [-0.2, 0) is 30.4 Å². The fourth-order valence-corrected chi connectivity index (χ4v) is 4.79. The molecule has 38 heavy (non-hydrogen) atoms. The van der Waals surface area contributed by atoms with Gasteiger partial charge in [-0.05, 0) is 36.8 Å². The molecule has 206 valence electrons. The van der Waals surface area contributed by atoms with Crippen LogP contribution in [0.15, 0.2) is 30.5 Å². The zero-order valence-corrected chi connectivity index (χ0v) is 21.6. The number of aromatic amines is 1. The lowest BCUT2D eigenvalue weighted by Crippen LogP contribution is -2.57. The summed E-state index contributed by atoms with van der Waals surface area (Å²) in [5.41, 5.74) is 12.8. The van der Waals surface area contributed by atoms with Gasteiger partial charge in [-0.25, -0.2) is 4.79 Å². The van der Waals surface area contributed by atoms with Crippen molar-refractivity contribution < 1.29 is 29.1 Å². The van der Waals surface area contributed by atoms with Crippen LogP contribution >= 0.6 is 0 Å². The minimum Gasteiger partial charge on any atom is -0.480 e. The Bertz CT molecular complexity index is 1190. The Morgan fingerprint density at radius 3 is 2.50 bits per heavy atom. The molecule has 1 aromatic heterocycles. The van der Waals surface area contributed by atoms with Gasteiger partial charge in [0.2, 0.25) is 23.6 Å². The van der Waals surface area contributed by atoms with Crippen LogP contribution in [-0.4, -0.2) is 75.3 Å². The third-order valence-corrected chi connectivity index (χ3v) is 6.63. The second kappa shape index (κ2) is 12.5. The Hall–Kier alpha value is -3.93. The fourth-order valence-electron chi connectivity index (χ4n) is 4.79. The van der Waals surface area contributed by atoms with Crippen LogP contribution in [0.5, 0.6) is 0 Å². The van der Waals surface area contributed by atoms with Crippen LogP contribution in [0, 0.1) is 5.92 Å². The predicted octanol–water partition coefficient (Wildman–Crippen LogP) is 0.00440. The number of nitrogens with two attached hydrogens (primary N) is 2. The Morgan fingerprint density at radius 1 is 1.13 bits per heavy atom. The third-order valence-electron chi connectivity index (χ3n) is 6.63. The Labute approximate surface area is 220 Å². The average Bonchev–Trinajstić information content (AvgIpc) is 3.49. The summed E-state index contributed by atoms with van der Waals surface area (Å²) >= 11 is 0. The summed E-state index contributed by atoms with van der Waals surface area (Å²) in [5.74, 6) is -3.73. The number of nitrogens with one attached hydrogen (secondary N) is 3. The van der Waals surface area contributed by atoms with Gasteiger partial charge in [0, 0.05) is 30.1 Å². The molecule has 1 aliphatic heterocycles. The molecule has 0 radical (unpaired) electrons. The number of benzene rings is 1. The number of aromatic nitrogens is 1. The topological polar surface area (TPSA) is 201 Å². The number of fused-ring (bicyclic) bond motifs is 1. The molecule has 0 aliphatic carbocycles. The second-order valence-electron chi connectivity index (χ2n) is 10.1. The first kappa shape index (κ1) is 28.6. The summed E-state index contributed by atoms with van der Waals surface area (Å²) in [6.07, 6.45) is 2.47. The number of primary amides is 1. The maximum absolute atomic E-state index is 13.4. The average molecular weight is 529 g/mol. The van der Waals surface area contributed by atoms with Crippen molar-refractivity contribution >= 4 is 40.5 Å². The molecule has 0 bridgehead atoms. The van der Waals surface area contributed by atoms with E-state index < -0.39 is 60.2 Å². The number of rotatable bonds is 12. The van der Waals surface area contributed by atoms with E-state index in [4.69, 9.17) is 11.5 Å². The maximum Gasteiger partial charge on any atom is 0.326 e. The molecule has 4 amide bonds. The monoisotopic (exact) mass is 528 g/mol. The van der Waals surface area contributed by atoms with E-state index in [9.17, 15) is 29.1 Å². The van der Waals surface area contributed by atoms with Gasteiger partial charge >= 0.3 is 5.97 Å². The molecule has 1 saturated heterocycles. The number of hydrogen-bond acceptors (Lipinski definition) is 6. The highest BCUT2D eigenvalue weighted by molar-refractivity contribution is 5.96. The largest absolute Gasteiger partial charge is 0.480 e. The van der Waals surface area contributed by atoms with Crippen molar-refractivity contribution in [3.63, 3.8) is 0 Å². The zero-order chi connectivity index (χ0) is 28.0. The lowest BCUT2D eigenvalue weighted by atomic mass is 10.0. The van der Waals surface area contributed by atoms with E-state index in [1.54, 1.807) is 6.20 Å².